The number of carbonyl (C=O) groups is 2. The first-order valence-electron chi connectivity index (χ1n) is 11.2. The predicted molar refractivity (Wildman–Crippen MR) is 131 cm³/mol. The Hall–Kier alpha value is -4.39. The third-order valence-electron chi connectivity index (χ3n) is 5.53. The second-order valence-corrected chi connectivity index (χ2v) is 8.17. The van der Waals surface area contributed by atoms with Crippen molar-refractivity contribution >= 4 is 22.8 Å². The summed E-state index contributed by atoms with van der Waals surface area (Å²) in [6.07, 6.45) is 0. The maximum atomic E-state index is 12.3. The smallest absolute Gasteiger partial charge is 0.338 e. The number of rotatable bonds is 8. The van der Waals surface area contributed by atoms with Crippen molar-refractivity contribution in [2.45, 2.75) is 26.5 Å². The van der Waals surface area contributed by atoms with Gasteiger partial charge in [-0.1, -0.05) is 42.5 Å². The van der Waals surface area contributed by atoms with Crippen LogP contribution in [0.3, 0.4) is 0 Å². The fraction of sp³-hybridized carbons (Fsp3) is 0.179. The normalized spacial score (nSPS) is 11.6. The molecular formula is C28H25NO6. The number of esters is 1. The van der Waals surface area contributed by atoms with E-state index in [1.807, 2.05) is 56.3 Å². The Morgan fingerprint density at radius 1 is 0.971 bits per heavy atom. The Morgan fingerprint density at radius 2 is 1.71 bits per heavy atom. The summed E-state index contributed by atoms with van der Waals surface area (Å²) in [5, 5.41) is 3.65. The lowest BCUT2D eigenvalue weighted by atomic mass is 10.1. The van der Waals surface area contributed by atoms with Crippen LogP contribution in [-0.2, 0) is 16.1 Å². The van der Waals surface area contributed by atoms with Crippen molar-refractivity contribution in [2.24, 2.45) is 0 Å². The molecular weight excluding hydrogens is 446 g/mol. The van der Waals surface area contributed by atoms with Crippen molar-refractivity contribution in [3.8, 4) is 5.75 Å². The van der Waals surface area contributed by atoms with Gasteiger partial charge < -0.3 is 19.2 Å². The van der Waals surface area contributed by atoms with Crippen LogP contribution in [0.15, 0.2) is 88.1 Å². The van der Waals surface area contributed by atoms with Crippen LogP contribution >= 0.6 is 0 Å². The van der Waals surface area contributed by atoms with Crippen LogP contribution in [0.25, 0.3) is 11.0 Å². The van der Waals surface area contributed by atoms with Crippen molar-refractivity contribution in [3.05, 3.63) is 112 Å². The summed E-state index contributed by atoms with van der Waals surface area (Å²) in [5.41, 5.74) is 3.04. The van der Waals surface area contributed by atoms with E-state index in [2.05, 4.69) is 5.32 Å². The molecule has 0 fully saturated rings. The van der Waals surface area contributed by atoms with Gasteiger partial charge in [-0.05, 0) is 54.8 Å². The van der Waals surface area contributed by atoms with Gasteiger partial charge in [-0.3, -0.25) is 4.79 Å². The van der Waals surface area contributed by atoms with Crippen LogP contribution in [0, 0.1) is 6.92 Å². The molecule has 0 saturated heterocycles. The van der Waals surface area contributed by atoms with Crippen molar-refractivity contribution in [1.29, 1.82) is 0 Å². The van der Waals surface area contributed by atoms with E-state index in [4.69, 9.17) is 13.9 Å². The average Bonchev–Trinajstić information content (AvgIpc) is 2.86. The number of fused-ring (bicyclic) bond motifs is 1. The Kier molecular flexibility index (Phi) is 7.26. The minimum Gasteiger partial charge on any atom is -0.489 e. The van der Waals surface area contributed by atoms with Gasteiger partial charge in [0.15, 0.2) is 6.61 Å². The lowest BCUT2D eigenvalue weighted by Gasteiger charge is -2.14. The molecule has 1 atom stereocenters. The van der Waals surface area contributed by atoms with Crippen molar-refractivity contribution in [3.63, 3.8) is 0 Å². The number of hydrogen-bond acceptors (Lipinski definition) is 6. The van der Waals surface area contributed by atoms with Gasteiger partial charge in [0.2, 0.25) is 0 Å². The number of nitrogens with one attached hydrogen (secondary N) is 1. The Labute approximate surface area is 202 Å². The summed E-state index contributed by atoms with van der Waals surface area (Å²) in [7, 11) is 0. The molecule has 4 rings (SSSR count). The predicted octanol–water partition coefficient (Wildman–Crippen LogP) is 4.71. The first-order chi connectivity index (χ1) is 16.9. The maximum Gasteiger partial charge on any atom is 0.338 e. The number of benzene rings is 3. The Morgan fingerprint density at radius 3 is 2.46 bits per heavy atom. The number of amides is 1. The van der Waals surface area contributed by atoms with E-state index >= 15 is 0 Å². The van der Waals surface area contributed by atoms with E-state index in [9.17, 15) is 14.4 Å². The molecule has 35 heavy (non-hydrogen) atoms. The first-order valence-corrected chi connectivity index (χ1v) is 11.2. The molecule has 4 aromatic rings. The zero-order valence-electron chi connectivity index (χ0n) is 19.4. The molecule has 3 aromatic carbocycles. The molecule has 1 amide bonds. The largest absolute Gasteiger partial charge is 0.489 e. The molecule has 7 heteroatoms. The molecule has 1 aromatic heterocycles. The van der Waals surface area contributed by atoms with E-state index in [0.29, 0.717) is 16.9 Å². The Bertz CT molecular complexity index is 1390. The van der Waals surface area contributed by atoms with Gasteiger partial charge in [0.1, 0.15) is 17.9 Å². The van der Waals surface area contributed by atoms with Crippen molar-refractivity contribution in [2.75, 3.05) is 6.61 Å². The number of carbonyl (C=O) groups excluding carboxylic acids is 2. The molecule has 0 aliphatic heterocycles. The maximum absolute atomic E-state index is 12.3. The van der Waals surface area contributed by atoms with E-state index in [-0.39, 0.29) is 25.2 Å². The zero-order chi connectivity index (χ0) is 24.8. The average molecular weight is 472 g/mol. The molecule has 0 unspecified atom stereocenters. The lowest BCUT2D eigenvalue weighted by molar-refractivity contribution is -0.124. The summed E-state index contributed by atoms with van der Waals surface area (Å²) in [6.45, 7) is 3.61. The van der Waals surface area contributed by atoms with Crippen molar-refractivity contribution in [1.82, 2.24) is 5.32 Å². The van der Waals surface area contributed by atoms with E-state index in [1.54, 1.807) is 30.3 Å². The van der Waals surface area contributed by atoms with Crippen LogP contribution in [0.2, 0.25) is 0 Å². The summed E-state index contributed by atoms with van der Waals surface area (Å²) in [4.78, 5) is 36.0. The summed E-state index contributed by atoms with van der Waals surface area (Å²) >= 11 is 0. The summed E-state index contributed by atoms with van der Waals surface area (Å²) < 4.78 is 16.2. The highest BCUT2D eigenvalue weighted by Crippen LogP contribution is 2.23. The monoisotopic (exact) mass is 471 g/mol. The van der Waals surface area contributed by atoms with Crippen molar-refractivity contribution < 1.29 is 23.5 Å². The molecule has 0 saturated carbocycles. The molecule has 178 valence electrons. The highest BCUT2D eigenvalue weighted by atomic mass is 16.5. The summed E-state index contributed by atoms with van der Waals surface area (Å²) in [5.74, 6) is -0.397. The molecule has 1 N–H and O–H groups in total. The van der Waals surface area contributed by atoms with Crippen LogP contribution in [0.5, 0.6) is 5.75 Å². The third-order valence-corrected chi connectivity index (χ3v) is 5.53. The van der Waals surface area contributed by atoms with Gasteiger partial charge in [0.25, 0.3) is 5.91 Å². The minimum atomic E-state index is -0.583. The first kappa shape index (κ1) is 23.8. The van der Waals surface area contributed by atoms with E-state index in [1.165, 1.54) is 6.07 Å². The van der Waals surface area contributed by atoms with Gasteiger partial charge in [-0.15, -0.1) is 0 Å². The summed E-state index contributed by atoms with van der Waals surface area (Å²) in [6, 6.07) is 22.9. The second kappa shape index (κ2) is 10.7. The fourth-order valence-electron chi connectivity index (χ4n) is 3.62. The quantitative estimate of drug-likeness (QED) is 0.295. The van der Waals surface area contributed by atoms with Gasteiger partial charge >= 0.3 is 11.6 Å². The fourth-order valence-corrected chi connectivity index (χ4v) is 3.62. The minimum absolute atomic E-state index is 0.190. The van der Waals surface area contributed by atoms with Gasteiger partial charge in [-0.25, -0.2) is 9.59 Å². The number of aryl methyl sites for hydroxylation is 1. The lowest BCUT2D eigenvalue weighted by Crippen LogP contribution is -2.31. The Balaban J connectivity index is 1.28. The zero-order valence-corrected chi connectivity index (χ0v) is 19.4. The van der Waals surface area contributed by atoms with E-state index < -0.39 is 11.6 Å². The number of ether oxygens (including phenoxy) is 2. The van der Waals surface area contributed by atoms with E-state index in [0.717, 1.165) is 22.1 Å². The molecule has 0 radical (unpaired) electrons. The van der Waals surface area contributed by atoms with Crippen LogP contribution in [0.1, 0.15) is 40.0 Å². The SMILES string of the molecule is Cc1cc(=O)oc2cc(OCc3ccc(C(=O)OCC(=O)N[C@H](C)c4ccccc4)cc3)ccc12. The third kappa shape index (κ3) is 6.14. The number of hydrogen-bond donors (Lipinski definition) is 1. The standard InChI is InChI=1S/C28H25NO6/c1-18-14-27(31)35-25-15-23(12-13-24(18)25)33-16-20-8-10-22(11-9-20)28(32)34-17-26(30)29-19(2)21-6-4-3-5-7-21/h3-15,19H,16-17H2,1-2H3,(H,29,30)/t19-/m1/s1. The van der Waals surface area contributed by atoms with Gasteiger partial charge in [-0.2, -0.15) is 0 Å². The molecule has 0 aliphatic rings. The highest BCUT2D eigenvalue weighted by molar-refractivity contribution is 5.91. The molecule has 1 heterocycles. The van der Waals surface area contributed by atoms with Crippen LogP contribution < -0.4 is 15.7 Å². The van der Waals surface area contributed by atoms with Crippen LogP contribution in [-0.4, -0.2) is 18.5 Å². The topological polar surface area (TPSA) is 94.8 Å². The highest BCUT2D eigenvalue weighted by Gasteiger charge is 2.13. The van der Waals surface area contributed by atoms with Gasteiger partial charge in [0.05, 0.1) is 11.6 Å². The molecule has 0 bridgehead atoms. The molecule has 0 spiro atoms. The van der Waals surface area contributed by atoms with Crippen LogP contribution in [0.4, 0.5) is 0 Å². The molecule has 7 nitrogen and oxygen atoms in total. The second-order valence-electron chi connectivity index (χ2n) is 8.17. The molecule has 0 aliphatic carbocycles. The van der Waals surface area contributed by atoms with Gasteiger partial charge in [0, 0.05) is 17.5 Å².